The monoisotopic (exact) mass is 606 g/mol. The standard InChI is InChI=1S/C43H30N2S/c44-38(31-18-16-29(17-19-31)32-21-25-42-37(27-32)35-12-6-7-13-41(35)46-42)23-15-28-14-22-36-40(26-28)45(33-9-2-1-3-10-33)39-24-20-30-8-4-5-11-34(30)43(36)39/h1-14,16-22,24-27,44H,15,23H2. The van der Waals surface area contributed by atoms with Crippen LogP contribution in [0.15, 0.2) is 152 Å². The van der Waals surface area contributed by atoms with Crippen molar-refractivity contribution in [1.82, 2.24) is 4.57 Å². The van der Waals surface area contributed by atoms with Crippen LogP contribution in [0.25, 0.3) is 69.6 Å². The Morgan fingerprint density at radius 3 is 2.15 bits per heavy atom. The molecule has 9 aromatic rings. The van der Waals surface area contributed by atoms with Gasteiger partial charge >= 0.3 is 0 Å². The van der Waals surface area contributed by atoms with E-state index in [1.165, 1.54) is 69.4 Å². The second-order valence-electron chi connectivity index (χ2n) is 12.1. The molecular weight excluding hydrogens is 577 g/mol. The number of para-hydroxylation sites is 1. The topological polar surface area (TPSA) is 28.8 Å². The first kappa shape index (κ1) is 26.9. The molecule has 2 heterocycles. The Kier molecular flexibility index (Phi) is 6.32. The summed E-state index contributed by atoms with van der Waals surface area (Å²) in [7, 11) is 0. The number of nitrogens with zero attached hydrogens (tertiary/aromatic N) is 1. The normalized spacial score (nSPS) is 11.7. The van der Waals surface area contributed by atoms with Gasteiger partial charge in [-0.2, -0.15) is 0 Å². The van der Waals surface area contributed by atoms with E-state index in [0.717, 1.165) is 17.7 Å². The second-order valence-corrected chi connectivity index (χ2v) is 13.2. The van der Waals surface area contributed by atoms with Crippen LogP contribution in [0.1, 0.15) is 17.5 Å². The van der Waals surface area contributed by atoms with Crippen molar-refractivity contribution in [2.24, 2.45) is 0 Å². The Morgan fingerprint density at radius 1 is 0.543 bits per heavy atom. The number of aromatic nitrogens is 1. The van der Waals surface area contributed by atoms with Gasteiger partial charge in [0.1, 0.15) is 0 Å². The average molecular weight is 607 g/mol. The van der Waals surface area contributed by atoms with Gasteiger partial charge in [0.05, 0.1) is 11.0 Å². The van der Waals surface area contributed by atoms with Crippen molar-refractivity contribution in [2.45, 2.75) is 12.8 Å². The first-order valence-electron chi connectivity index (χ1n) is 15.8. The van der Waals surface area contributed by atoms with Crippen LogP contribution >= 0.6 is 11.3 Å². The van der Waals surface area contributed by atoms with Gasteiger partial charge in [-0.25, -0.2) is 0 Å². The molecule has 0 saturated carbocycles. The molecule has 0 fully saturated rings. The molecule has 2 nitrogen and oxygen atoms in total. The average Bonchev–Trinajstić information content (AvgIpc) is 3.66. The van der Waals surface area contributed by atoms with E-state index in [9.17, 15) is 0 Å². The minimum absolute atomic E-state index is 0.667. The van der Waals surface area contributed by atoms with E-state index in [0.29, 0.717) is 12.1 Å². The Hall–Kier alpha value is -5.51. The molecule has 3 heteroatoms. The summed E-state index contributed by atoms with van der Waals surface area (Å²) in [5.74, 6) is 0. The van der Waals surface area contributed by atoms with Crippen molar-refractivity contribution in [3.63, 3.8) is 0 Å². The molecule has 0 aliphatic rings. The third-order valence-corrected chi connectivity index (χ3v) is 10.5. The van der Waals surface area contributed by atoms with E-state index in [2.05, 4.69) is 156 Å². The van der Waals surface area contributed by atoms with Crippen LogP contribution in [-0.4, -0.2) is 10.3 Å². The lowest BCUT2D eigenvalue weighted by Gasteiger charge is -2.10. The van der Waals surface area contributed by atoms with E-state index in [1.807, 2.05) is 11.3 Å². The Morgan fingerprint density at radius 2 is 1.28 bits per heavy atom. The summed E-state index contributed by atoms with van der Waals surface area (Å²) in [6, 6.07) is 54.6. The number of benzene rings is 7. The van der Waals surface area contributed by atoms with Crippen LogP contribution < -0.4 is 0 Å². The van der Waals surface area contributed by atoms with Gasteiger partial charge in [0.2, 0.25) is 0 Å². The molecule has 0 aliphatic carbocycles. The number of hydrogen-bond donors (Lipinski definition) is 1. The predicted molar refractivity (Wildman–Crippen MR) is 198 cm³/mol. The summed E-state index contributed by atoms with van der Waals surface area (Å²) in [5.41, 5.74) is 8.88. The number of hydrogen-bond acceptors (Lipinski definition) is 2. The molecule has 0 saturated heterocycles. The number of thiophene rings is 1. The molecule has 1 N–H and O–H groups in total. The van der Waals surface area contributed by atoms with E-state index in [1.54, 1.807) is 0 Å². The number of nitrogens with one attached hydrogen (secondary N) is 1. The van der Waals surface area contributed by atoms with Crippen molar-refractivity contribution >= 4 is 69.8 Å². The Balaban J connectivity index is 1.01. The minimum Gasteiger partial charge on any atom is -0.309 e. The Bertz CT molecular complexity index is 2590. The molecule has 0 aliphatic heterocycles. The van der Waals surface area contributed by atoms with Crippen LogP contribution in [0.4, 0.5) is 0 Å². The third-order valence-electron chi connectivity index (χ3n) is 9.34. The maximum Gasteiger partial charge on any atom is 0.0547 e. The highest BCUT2D eigenvalue weighted by Crippen LogP contribution is 2.38. The van der Waals surface area contributed by atoms with Gasteiger partial charge in [0, 0.05) is 42.3 Å². The third kappa shape index (κ3) is 4.43. The Labute approximate surface area is 271 Å². The summed E-state index contributed by atoms with van der Waals surface area (Å²) in [5, 5.41) is 16.7. The lowest BCUT2D eigenvalue weighted by Crippen LogP contribution is -2.01. The largest absolute Gasteiger partial charge is 0.309 e. The van der Waals surface area contributed by atoms with Crippen molar-refractivity contribution < 1.29 is 0 Å². The summed E-state index contributed by atoms with van der Waals surface area (Å²) in [6.07, 6.45) is 1.50. The van der Waals surface area contributed by atoms with Crippen LogP contribution in [0, 0.1) is 5.41 Å². The predicted octanol–water partition coefficient (Wildman–Crippen LogP) is 12.0. The van der Waals surface area contributed by atoms with Gasteiger partial charge in [-0.15, -0.1) is 11.3 Å². The number of rotatable bonds is 6. The molecule has 0 unspecified atom stereocenters. The number of aryl methyl sites for hydroxylation is 1. The smallest absolute Gasteiger partial charge is 0.0547 e. The van der Waals surface area contributed by atoms with Crippen LogP contribution in [0.3, 0.4) is 0 Å². The summed E-state index contributed by atoms with van der Waals surface area (Å²) >= 11 is 1.85. The van der Waals surface area contributed by atoms with E-state index >= 15 is 0 Å². The fraction of sp³-hybridized carbons (Fsp3) is 0.0465. The van der Waals surface area contributed by atoms with Crippen molar-refractivity contribution in [3.8, 4) is 16.8 Å². The molecule has 0 amide bonds. The van der Waals surface area contributed by atoms with Gasteiger partial charge in [-0.1, -0.05) is 109 Å². The molecule has 7 aromatic carbocycles. The quantitative estimate of drug-likeness (QED) is 0.182. The fourth-order valence-electron chi connectivity index (χ4n) is 7.03. The first-order valence-corrected chi connectivity index (χ1v) is 16.6. The second kappa shape index (κ2) is 10.8. The zero-order valence-corrected chi connectivity index (χ0v) is 26.0. The fourth-order valence-corrected chi connectivity index (χ4v) is 8.11. The molecule has 46 heavy (non-hydrogen) atoms. The van der Waals surface area contributed by atoms with E-state index in [-0.39, 0.29) is 0 Å². The van der Waals surface area contributed by atoms with Crippen molar-refractivity contribution in [2.75, 3.05) is 0 Å². The lowest BCUT2D eigenvalue weighted by atomic mass is 9.97. The highest BCUT2D eigenvalue weighted by atomic mass is 32.1. The van der Waals surface area contributed by atoms with Crippen molar-refractivity contribution in [3.05, 3.63) is 163 Å². The number of fused-ring (bicyclic) bond motifs is 8. The molecule has 0 bridgehead atoms. The molecule has 2 aromatic heterocycles. The van der Waals surface area contributed by atoms with Crippen LogP contribution in [-0.2, 0) is 6.42 Å². The maximum atomic E-state index is 8.95. The molecule has 9 rings (SSSR count). The minimum atomic E-state index is 0.667. The zero-order valence-electron chi connectivity index (χ0n) is 25.2. The van der Waals surface area contributed by atoms with Crippen LogP contribution in [0.2, 0.25) is 0 Å². The van der Waals surface area contributed by atoms with E-state index < -0.39 is 0 Å². The molecule has 0 atom stereocenters. The molecule has 0 spiro atoms. The maximum absolute atomic E-state index is 8.95. The molecule has 218 valence electrons. The van der Waals surface area contributed by atoms with Gasteiger partial charge in [-0.3, -0.25) is 0 Å². The highest BCUT2D eigenvalue weighted by Gasteiger charge is 2.16. The highest BCUT2D eigenvalue weighted by molar-refractivity contribution is 7.25. The van der Waals surface area contributed by atoms with E-state index in [4.69, 9.17) is 5.41 Å². The zero-order chi connectivity index (χ0) is 30.6. The molecular formula is C43H30N2S. The summed E-state index contributed by atoms with van der Waals surface area (Å²) in [4.78, 5) is 0. The van der Waals surface area contributed by atoms with Gasteiger partial charge in [-0.05, 0) is 88.3 Å². The van der Waals surface area contributed by atoms with Gasteiger partial charge < -0.3 is 9.98 Å². The lowest BCUT2D eigenvalue weighted by molar-refractivity contribution is 1.03. The van der Waals surface area contributed by atoms with Gasteiger partial charge in [0.15, 0.2) is 0 Å². The van der Waals surface area contributed by atoms with Crippen molar-refractivity contribution in [1.29, 1.82) is 5.41 Å². The van der Waals surface area contributed by atoms with Crippen LogP contribution in [0.5, 0.6) is 0 Å². The summed E-state index contributed by atoms with van der Waals surface area (Å²) < 4.78 is 5.03. The summed E-state index contributed by atoms with van der Waals surface area (Å²) in [6.45, 7) is 0. The molecule has 0 radical (unpaired) electrons. The van der Waals surface area contributed by atoms with Gasteiger partial charge in [0.25, 0.3) is 0 Å². The first-order chi connectivity index (χ1) is 22.7. The SMILES string of the molecule is N=C(CCc1ccc2c3c4ccccc4ccc3n(-c3ccccc3)c2c1)c1ccc(-c2ccc3sc4ccccc4c3c2)cc1.